The number of benzene rings is 2. The third kappa shape index (κ3) is 4.98. The fraction of sp³-hybridized carbons (Fsp3) is 0.304. The molecule has 2 aromatic heterocycles. The Morgan fingerprint density at radius 2 is 1.97 bits per heavy atom. The van der Waals surface area contributed by atoms with Crippen LogP contribution in [0.3, 0.4) is 0 Å². The van der Waals surface area contributed by atoms with Crippen LogP contribution < -0.4 is 0 Å². The lowest BCUT2D eigenvalue weighted by Gasteiger charge is -2.20. The number of hydrogen-bond acceptors (Lipinski definition) is 7. The zero-order valence-electron chi connectivity index (χ0n) is 17.2. The lowest BCUT2D eigenvalue weighted by Crippen LogP contribution is -2.32. The average Bonchev–Trinajstić information content (AvgIpc) is 3.38. The van der Waals surface area contributed by atoms with Crippen molar-refractivity contribution in [2.45, 2.75) is 42.6 Å². The molecule has 0 N–H and O–H groups in total. The molecule has 164 valence electrons. The van der Waals surface area contributed by atoms with Gasteiger partial charge in [0, 0.05) is 18.2 Å². The molecule has 5 rings (SSSR count). The van der Waals surface area contributed by atoms with E-state index in [1.54, 1.807) is 29.2 Å². The fourth-order valence-corrected chi connectivity index (χ4v) is 5.75. The standard InChI is InChI=1S/C23H21ClN4O2S2/c24-17-7-2-1-6-16(17)22-27-26-20(30-22)14-28(15-11-12-15)21(29)10-5-13-31-23-25-18-8-3-4-9-19(18)32-23/h1-4,6-9,15H,5,10-14H2. The van der Waals surface area contributed by atoms with E-state index in [0.29, 0.717) is 35.3 Å². The molecule has 4 aromatic rings. The Kier molecular flexibility index (Phi) is 6.43. The van der Waals surface area contributed by atoms with E-state index in [0.717, 1.165) is 34.9 Å². The molecule has 32 heavy (non-hydrogen) atoms. The smallest absolute Gasteiger partial charge is 0.249 e. The summed E-state index contributed by atoms with van der Waals surface area (Å²) in [6, 6.07) is 15.8. The highest BCUT2D eigenvalue weighted by Crippen LogP contribution is 2.32. The monoisotopic (exact) mass is 484 g/mol. The van der Waals surface area contributed by atoms with Crippen LogP contribution in [0.15, 0.2) is 57.3 Å². The maximum Gasteiger partial charge on any atom is 0.249 e. The van der Waals surface area contributed by atoms with Crippen molar-refractivity contribution in [3.8, 4) is 11.5 Å². The molecule has 0 aliphatic heterocycles. The number of para-hydroxylation sites is 1. The summed E-state index contributed by atoms with van der Waals surface area (Å²) in [5.41, 5.74) is 1.73. The molecule has 0 spiro atoms. The van der Waals surface area contributed by atoms with Gasteiger partial charge in [-0.25, -0.2) is 4.98 Å². The fourth-order valence-electron chi connectivity index (χ4n) is 3.45. The van der Waals surface area contributed by atoms with Crippen LogP contribution in [-0.2, 0) is 11.3 Å². The minimum Gasteiger partial charge on any atom is -0.419 e. The van der Waals surface area contributed by atoms with Gasteiger partial charge < -0.3 is 9.32 Å². The van der Waals surface area contributed by atoms with Crippen LogP contribution in [0.5, 0.6) is 0 Å². The predicted octanol–water partition coefficient (Wildman–Crippen LogP) is 6.06. The summed E-state index contributed by atoms with van der Waals surface area (Å²) < 4.78 is 8.06. The first kappa shape index (κ1) is 21.4. The highest BCUT2D eigenvalue weighted by Gasteiger charge is 2.33. The number of halogens is 1. The molecule has 0 radical (unpaired) electrons. The number of hydrogen-bond donors (Lipinski definition) is 0. The zero-order valence-corrected chi connectivity index (χ0v) is 19.6. The molecular weight excluding hydrogens is 464 g/mol. The first-order valence-corrected chi connectivity index (χ1v) is 12.7. The summed E-state index contributed by atoms with van der Waals surface area (Å²) in [6.45, 7) is 0.339. The molecule has 0 unspecified atom stereocenters. The quantitative estimate of drug-likeness (QED) is 0.212. The maximum absolute atomic E-state index is 12.9. The number of rotatable bonds is 9. The molecular formula is C23H21ClN4O2S2. The topological polar surface area (TPSA) is 72.1 Å². The Balaban J connectivity index is 1.16. The summed E-state index contributed by atoms with van der Waals surface area (Å²) in [5.74, 6) is 1.81. The normalized spacial score (nSPS) is 13.5. The Labute approximate surface area is 199 Å². The number of thiazole rings is 1. The van der Waals surface area contributed by atoms with Gasteiger partial charge in [-0.05, 0) is 43.5 Å². The van der Waals surface area contributed by atoms with Crippen LogP contribution in [0.1, 0.15) is 31.6 Å². The molecule has 2 aromatic carbocycles. The van der Waals surface area contributed by atoms with Crippen LogP contribution in [0, 0.1) is 0 Å². The number of fused-ring (bicyclic) bond motifs is 1. The highest BCUT2D eigenvalue weighted by molar-refractivity contribution is 8.01. The van der Waals surface area contributed by atoms with Crippen molar-refractivity contribution in [3.05, 3.63) is 59.4 Å². The summed E-state index contributed by atoms with van der Waals surface area (Å²) >= 11 is 9.64. The van der Waals surface area contributed by atoms with Crippen molar-refractivity contribution in [2.75, 3.05) is 5.75 Å². The van der Waals surface area contributed by atoms with Crippen LogP contribution in [-0.4, -0.2) is 37.8 Å². The summed E-state index contributed by atoms with van der Waals surface area (Å²) in [5, 5.41) is 8.82. The first-order valence-electron chi connectivity index (χ1n) is 10.5. The highest BCUT2D eigenvalue weighted by atomic mass is 35.5. The summed E-state index contributed by atoms with van der Waals surface area (Å²) in [6.07, 6.45) is 3.35. The molecule has 9 heteroatoms. The molecule has 2 heterocycles. The van der Waals surface area contributed by atoms with E-state index in [-0.39, 0.29) is 11.9 Å². The van der Waals surface area contributed by atoms with Crippen molar-refractivity contribution in [3.63, 3.8) is 0 Å². The minimum absolute atomic E-state index is 0.134. The number of thioether (sulfide) groups is 1. The molecule has 1 aliphatic rings. The van der Waals surface area contributed by atoms with E-state index in [9.17, 15) is 4.79 Å². The van der Waals surface area contributed by atoms with Crippen molar-refractivity contribution in [1.82, 2.24) is 20.1 Å². The van der Waals surface area contributed by atoms with Crippen LogP contribution in [0.2, 0.25) is 5.02 Å². The lowest BCUT2D eigenvalue weighted by atomic mass is 10.2. The number of nitrogens with zero attached hydrogens (tertiary/aromatic N) is 4. The molecule has 0 bridgehead atoms. The van der Waals surface area contributed by atoms with Gasteiger partial charge in [-0.15, -0.1) is 21.5 Å². The first-order chi connectivity index (χ1) is 15.7. The van der Waals surface area contributed by atoms with Gasteiger partial charge in [-0.1, -0.05) is 47.6 Å². The molecule has 1 saturated carbocycles. The second-order valence-electron chi connectivity index (χ2n) is 7.63. The van der Waals surface area contributed by atoms with Gasteiger partial charge >= 0.3 is 0 Å². The second-order valence-corrected chi connectivity index (χ2v) is 10.4. The van der Waals surface area contributed by atoms with E-state index in [1.165, 1.54) is 4.70 Å². The van der Waals surface area contributed by atoms with Gasteiger partial charge in [-0.3, -0.25) is 4.79 Å². The Morgan fingerprint density at radius 1 is 1.16 bits per heavy atom. The molecule has 6 nitrogen and oxygen atoms in total. The molecule has 1 aliphatic carbocycles. The van der Waals surface area contributed by atoms with Crippen LogP contribution >= 0.6 is 34.7 Å². The Bertz CT molecular complexity index is 1200. The van der Waals surface area contributed by atoms with Crippen LogP contribution in [0.4, 0.5) is 0 Å². The number of carbonyl (C=O) groups excluding carboxylic acids is 1. The third-order valence-corrected chi connectivity index (χ3v) is 7.81. The Hall–Kier alpha value is -2.42. The molecule has 0 atom stereocenters. The van der Waals surface area contributed by atoms with Gasteiger partial charge in [0.05, 0.1) is 27.3 Å². The van der Waals surface area contributed by atoms with Gasteiger partial charge in [0.2, 0.25) is 17.7 Å². The van der Waals surface area contributed by atoms with Gasteiger partial charge in [0.1, 0.15) is 0 Å². The third-order valence-electron chi connectivity index (χ3n) is 5.22. The largest absolute Gasteiger partial charge is 0.419 e. The van der Waals surface area contributed by atoms with Crippen molar-refractivity contribution in [1.29, 1.82) is 0 Å². The average molecular weight is 485 g/mol. The van der Waals surface area contributed by atoms with Gasteiger partial charge in [0.15, 0.2) is 4.34 Å². The molecule has 1 amide bonds. The molecule has 0 saturated heterocycles. The van der Waals surface area contributed by atoms with Crippen molar-refractivity contribution >= 4 is 50.8 Å². The number of amides is 1. The number of carbonyl (C=O) groups is 1. The zero-order chi connectivity index (χ0) is 21.9. The van der Waals surface area contributed by atoms with E-state index in [1.807, 2.05) is 41.3 Å². The SMILES string of the molecule is O=C(CCCSc1nc2ccccc2s1)N(Cc1nnc(-c2ccccc2Cl)o1)C1CC1. The second kappa shape index (κ2) is 9.60. The van der Waals surface area contributed by atoms with E-state index in [4.69, 9.17) is 16.0 Å². The summed E-state index contributed by atoms with van der Waals surface area (Å²) in [4.78, 5) is 19.4. The van der Waals surface area contributed by atoms with E-state index >= 15 is 0 Å². The van der Waals surface area contributed by atoms with Crippen molar-refractivity contribution < 1.29 is 9.21 Å². The minimum atomic E-state index is 0.134. The lowest BCUT2D eigenvalue weighted by molar-refractivity contribution is -0.132. The predicted molar refractivity (Wildman–Crippen MR) is 128 cm³/mol. The molecule has 1 fully saturated rings. The number of aromatic nitrogens is 3. The Morgan fingerprint density at radius 3 is 2.78 bits per heavy atom. The van der Waals surface area contributed by atoms with Crippen LogP contribution in [0.25, 0.3) is 21.7 Å². The van der Waals surface area contributed by atoms with Gasteiger partial charge in [0.25, 0.3) is 0 Å². The summed E-state index contributed by atoms with van der Waals surface area (Å²) in [7, 11) is 0. The maximum atomic E-state index is 12.9. The van der Waals surface area contributed by atoms with E-state index in [2.05, 4.69) is 21.2 Å². The van der Waals surface area contributed by atoms with E-state index < -0.39 is 0 Å². The van der Waals surface area contributed by atoms with Crippen molar-refractivity contribution in [2.24, 2.45) is 0 Å². The van der Waals surface area contributed by atoms with Gasteiger partial charge in [-0.2, -0.15) is 0 Å².